The van der Waals surface area contributed by atoms with E-state index >= 15 is 0 Å². The normalized spacial score (nSPS) is 11.6. The van der Waals surface area contributed by atoms with E-state index in [4.69, 9.17) is 11.6 Å². The standard InChI is InChI=1S/C14H16BrClN2S/c1-14(2,3)12-8-19-13(18-12)7-17-11-5-4-9(15)6-10(11)16/h4-6,8,17H,7H2,1-3H3. The largest absolute Gasteiger partial charge is 0.377 e. The first-order chi connectivity index (χ1) is 8.86. The third-order valence-electron chi connectivity index (χ3n) is 2.68. The van der Waals surface area contributed by atoms with Crippen LogP contribution in [-0.4, -0.2) is 4.98 Å². The van der Waals surface area contributed by atoms with Gasteiger partial charge in [0.25, 0.3) is 0 Å². The first kappa shape index (κ1) is 14.8. The highest BCUT2D eigenvalue weighted by molar-refractivity contribution is 9.10. The molecule has 0 aliphatic rings. The summed E-state index contributed by atoms with van der Waals surface area (Å²) < 4.78 is 0.979. The summed E-state index contributed by atoms with van der Waals surface area (Å²) in [6, 6.07) is 5.81. The van der Waals surface area contributed by atoms with E-state index in [2.05, 4.69) is 52.4 Å². The topological polar surface area (TPSA) is 24.9 Å². The third-order valence-corrected chi connectivity index (χ3v) is 4.34. The highest BCUT2D eigenvalue weighted by Gasteiger charge is 2.17. The maximum absolute atomic E-state index is 6.16. The average Bonchev–Trinajstić information content (AvgIpc) is 2.76. The van der Waals surface area contributed by atoms with Crippen molar-refractivity contribution in [1.82, 2.24) is 4.98 Å². The highest BCUT2D eigenvalue weighted by atomic mass is 79.9. The summed E-state index contributed by atoms with van der Waals surface area (Å²) in [6.07, 6.45) is 0. The van der Waals surface area contributed by atoms with Crippen LogP contribution < -0.4 is 5.32 Å². The van der Waals surface area contributed by atoms with Crippen molar-refractivity contribution in [3.63, 3.8) is 0 Å². The fourth-order valence-electron chi connectivity index (χ4n) is 1.54. The van der Waals surface area contributed by atoms with Crippen LogP contribution in [0.4, 0.5) is 5.69 Å². The second-order valence-corrected chi connectivity index (χ2v) is 7.62. The number of nitrogens with zero attached hydrogens (tertiary/aromatic N) is 1. The number of anilines is 1. The predicted octanol–water partition coefficient (Wildman–Crippen LogP) is 5.47. The van der Waals surface area contributed by atoms with E-state index in [1.165, 1.54) is 0 Å². The molecule has 0 radical (unpaired) electrons. The zero-order chi connectivity index (χ0) is 14.0. The summed E-state index contributed by atoms with van der Waals surface area (Å²) in [4.78, 5) is 4.65. The molecular formula is C14H16BrClN2S. The van der Waals surface area contributed by atoms with E-state index in [9.17, 15) is 0 Å². The van der Waals surface area contributed by atoms with Crippen LogP contribution in [0.15, 0.2) is 28.1 Å². The van der Waals surface area contributed by atoms with Gasteiger partial charge in [-0.05, 0) is 18.2 Å². The SMILES string of the molecule is CC(C)(C)c1csc(CNc2ccc(Br)cc2Cl)n1. The lowest BCUT2D eigenvalue weighted by Crippen LogP contribution is -2.11. The lowest BCUT2D eigenvalue weighted by Gasteiger charge is -2.14. The molecule has 2 aromatic rings. The van der Waals surface area contributed by atoms with Crippen molar-refractivity contribution in [2.45, 2.75) is 32.7 Å². The Bertz CT molecular complexity index is 575. The van der Waals surface area contributed by atoms with Crippen LogP contribution in [0.5, 0.6) is 0 Å². The van der Waals surface area contributed by atoms with Gasteiger partial charge in [0.2, 0.25) is 0 Å². The molecule has 0 amide bonds. The number of hydrogen-bond acceptors (Lipinski definition) is 3. The molecule has 0 saturated carbocycles. The highest BCUT2D eigenvalue weighted by Crippen LogP contribution is 2.27. The van der Waals surface area contributed by atoms with Gasteiger partial charge in [0.1, 0.15) is 5.01 Å². The van der Waals surface area contributed by atoms with E-state index in [0.717, 1.165) is 20.9 Å². The summed E-state index contributed by atoms with van der Waals surface area (Å²) >= 11 is 11.2. The van der Waals surface area contributed by atoms with Crippen molar-refractivity contribution in [2.24, 2.45) is 0 Å². The average molecular weight is 360 g/mol. The fourth-order valence-corrected chi connectivity index (χ4v) is 3.24. The molecule has 1 aromatic carbocycles. The van der Waals surface area contributed by atoms with Crippen LogP contribution in [0.3, 0.4) is 0 Å². The number of halogens is 2. The van der Waals surface area contributed by atoms with E-state index in [-0.39, 0.29) is 5.41 Å². The molecule has 1 N–H and O–H groups in total. The summed E-state index contributed by atoms with van der Waals surface area (Å²) in [5.74, 6) is 0. The molecule has 5 heteroatoms. The minimum atomic E-state index is 0.101. The van der Waals surface area contributed by atoms with Crippen molar-refractivity contribution in [3.05, 3.63) is 43.8 Å². The molecule has 2 rings (SSSR count). The van der Waals surface area contributed by atoms with Crippen LogP contribution in [-0.2, 0) is 12.0 Å². The Labute approximate surface area is 131 Å². The quantitative estimate of drug-likeness (QED) is 0.786. The molecule has 0 saturated heterocycles. The number of aromatic nitrogens is 1. The Kier molecular flexibility index (Phi) is 4.54. The van der Waals surface area contributed by atoms with Crippen molar-refractivity contribution in [1.29, 1.82) is 0 Å². The van der Waals surface area contributed by atoms with Gasteiger partial charge in [-0.25, -0.2) is 4.98 Å². The Morgan fingerprint density at radius 1 is 1.37 bits per heavy atom. The third kappa shape index (κ3) is 3.94. The number of nitrogens with one attached hydrogen (secondary N) is 1. The van der Waals surface area contributed by atoms with Crippen LogP contribution in [0, 0.1) is 0 Å². The zero-order valence-corrected chi connectivity index (χ0v) is 14.3. The summed E-state index contributed by atoms with van der Waals surface area (Å²) in [5.41, 5.74) is 2.16. The predicted molar refractivity (Wildman–Crippen MR) is 87.3 cm³/mol. The maximum atomic E-state index is 6.16. The summed E-state index contributed by atoms with van der Waals surface area (Å²) in [5, 5.41) is 7.22. The smallest absolute Gasteiger partial charge is 0.112 e. The Morgan fingerprint density at radius 2 is 2.11 bits per heavy atom. The van der Waals surface area contributed by atoms with Gasteiger partial charge in [0.15, 0.2) is 0 Å². The zero-order valence-electron chi connectivity index (χ0n) is 11.1. The number of benzene rings is 1. The molecule has 1 aromatic heterocycles. The Morgan fingerprint density at radius 3 is 2.68 bits per heavy atom. The lowest BCUT2D eigenvalue weighted by molar-refractivity contribution is 0.571. The molecule has 2 nitrogen and oxygen atoms in total. The van der Waals surface area contributed by atoms with E-state index in [1.54, 1.807) is 11.3 Å². The van der Waals surface area contributed by atoms with Gasteiger partial charge in [-0.3, -0.25) is 0 Å². The first-order valence-electron chi connectivity index (χ1n) is 6.00. The summed E-state index contributed by atoms with van der Waals surface area (Å²) in [6.45, 7) is 7.21. The first-order valence-corrected chi connectivity index (χ1v) is 8.05. The Hall–Kier alpha value is -0.580. The van der Waals surface area contributed by atoms with Gasteiger partial charge < -0.3 is 5.32 Å². The van der Waals surface area contributed by atoms with E-state index in [0.29, 0.717) is 11.6 Å². The second kappa shape index (κ2) is 5.81. The molecule has 102 valence electrons. The van der Waals surface area contributed by atoms with Crippen molar-refractivity contribution < 1.29 is 0 Å². The monoisotopic (exact) mass is 358 g/mol. The fraction of sp³-hybridized carbons (Fsp3) is 0.357. The van der Waals surface area contributed by atoms with Crippen LogP contribution >= 0.6 is 38.9 Å². The molecule has 19 heavy (non-hydrogen) atoms. The van der Waals surface area contributed by atoms with Crippen molar-refractivity contribution in [2.75, 3.05) is 5.32 Å². The van der Waals surface area contributed by atoms with Gasteiger partial charge in [-0.2, -0.15) is 0 Å². The van der Waals surface area contributed by atoms with Gasteiger partial charge in [-0.1, -0.05) is 48.3 Å². The minimum absolute atomic E-state index is 0.101. The van der Waals surface area contributed by atoms with Crippen LogP contribution in [0.2, 0.25) is 5.02 Å². The lowest BCUT2D eigenvalue weighted by atomic mass is 9.93. The van der Waals surface area contributed by atoms with E-state index in [1.807, 2.05) is 18.2 Å². The summed E-state index contributed by atoms with van der Waals surface area (Å²) in [7, 11) is 0. The molecule has 0 aliphatic heterocycles. The molecule has 0 atom stereocenters. The number of hydrogen-bond donors (Lipinski definition) is 1. The van der Waals surface area contributed by atoms with Gasteiger partial charge in [-0.15, -0.1) is 11.3 Å². The molecular weight excluding hydrogens is 344 g/mol. The van der Waals surface area contributed by atoms with Gasteiger partial charge in [0.05, 0.1) is 22.9 Å². The molecule has 1 heterocycles. The van der Waals surface area contributed by atoms with Gasteiger partial charge >= 0.3 is 0 Å². The molecule has 0 aliphatic carbocycles. The molecule has 0 bridgehead atoms. The molecule has 0 unspecified atom stereocenters. The second-order valence-electron chi connectivity index (χ2n) is 5.35. The van der Waals surface area contributed by atoms with Crippen molar-refractivity contribution >= 4 is 44.6 Å². The molecule has 0 fully saturated rings. The minimum Gasteiger partial charge on any atom is -0.377 e. The van der Waals surface area contributed by atoms with Crippen LogP contribution in [0.25, 0.3) is 0 Å². The number of thiazole rings is 1. The Balaban J connectivity index is 2.04. The van der Waals surface area contributed by atoms with Gasteiger partial charge in [0, 0.05) is 15.3 Å². The van der Waals surface area contributed by atoms with Crippen LogP contribution in [0.1, 0.15) is 31.5 Å². The maximum Gasteiger partial charge on any atom is 0.112 e. The molecule has 0 spiro atoms. The van der Waals surface area contributed by atoms with E-state index < -0.39 is 0 Å². The van der Waals surface area contributed by atoms with Crippen molar-refractivity contribution in [3.8, 4) is 0 Å². The number of rotatable bonds is 3.